The molecular weight excluding hydrogens is 256 g/mol. The van der Waals surface area contributed by atoms with Crippen LogP contribution >= 0.6 is 11.6 Å². The Balaban J connectivity index is 2.13. The van der Waals surface area contributed by atoms with E-state index in [2.05, 4.69) is 30.1 Å². The molecule has 1 aliphatic heterocycles. The molecule has 1 saturated heterocycles. The van der Waals surface area contributed by atoms with E-state index in [-0.39, 0.29) is 0 Å². The van der Waals surface area contributed by atoms with E-state index in [1.807, 2.05) is 0 Å². The van der Waals surface area contributed by atoms with E-state index in [1.54, 1.807) is 5.54 Å². The van der Waals surface area contributed by atoms with Crippen LogP contribution in [-0.2, 0) is 0 Å². The molecule has 1 spiro atoms. The van der Waals surface area contributed by atoms with Crippen LogP contribution in [0.5, 0.6) is 0 Å². The third kappa shape index (κ3) is 3.17. The van der Waals surface area contributed by atoms with Gasteiger partial charge in [-0.15, -0.1) is 0 Å². The number of rotatable bonds is 4. The average Bonchev–Trinajstić information content (AvgIpc) is 2.47. The van der Waals surface area contributed by atoms with E-state index in [1.165, 1.54) is 51.5 Å². The summed E-state index contributed by atoms with van der Waals surface area (Å²) in [6.45, 7) is 7.96. The molecule has 0 aromatic rings. The van der Waals surface area contributed by atoms with Crippen LogP contribution < -0.4 is 5.32 Å². The van der Waals surface area contributed by atoms with Crippen LogP contribution in [-0.4, -0.2) is 35.6 Å². The van der Waals surface area contributed by atoms with Gasteiger partial charge in [-0.05, 0) is 25.7 Å². The highest BCUT2D eigenvalue weighted by molar-refractivity contribution is 6.25. The van der Waals surface area contributed by atoms with Crippen LogP contribution in [0.15, 0.2) is 11.6 Å². The van der Waals surface area contributed by atoms with Crippen molar-refractivity contribution >= 4 is 11.6 Å². The summed E-state index contributed by atoms with van der Waals surface area (Å²) in [5.74, 6) is 0. The highest BCUT2D eigenvalue weighted by atomic mass is 35.5. The highest BCUT2D eigenvalue weighted by Crippen LogP contribution is 2.37. The fourth-order valence-electron chi connectivity index (χ4n) is 3.99. The maximum atomic E-state index is 5.75. The zero-order chi connectivity index (χ0) is 13.8. The molecule has 0 amide bonds. The van der Waals surface area contributed by atoms with Gasteiger partial charge in [0, 0.05) is 36.2 Å². The van der Waals surface area contributed by atoms with E-state index < -0.39 is 0 Å². The second kappa shape index (κ2) is 6.60. The van der Waals surface area contributed by atoms with Crippen LogP contribution in [0, 0.1) is 0 Å². The van der Waals surface area contributed by atoms with E-state index in [0.717, 1.165) is 13.1 Å². The van der Waals surface area contributed by atoms with Crippen molar-refractivity contribution in [3.63, 3.8) is 0 Å². The van der Waals surface area contributed by atoms with E-state index >= 15 is 0 Å². The normalized spacial score (nSPS) is 27.1. The van der Waals surface area contributed by atoms with Crippen molar-refractivity contribution in [2.45, 2.75) is 69.9 Å². The topological polar surface area (TPSA) is 15.3 Å². The van der Waals surface area contributed by atoms with Gasteiger partial charge in [-0.1, -0.05) is 50.8 Å². The van der Waals surface area contributed by atoms with Gasteiger partial charge in [-0.2, -0.15) is 0 Å². The molecule has 110 valence electrons. The molecule has 1 heterocycles. The van der Waals surface area contributed by atoms with E-state index in [4.69, 9.17) is 11.6 Å². The van der Waals surface area contributed by atoms with Gasteiger partial charge < -0.3 is 5.32 Å². The molecule has 2 fully saturated rings. The molecule has 0 aromatic carbocycles. The lowest BCUT2D eigenvalue weighted by atomic mass is 9.76. The van der Waals surface area contributed by atoms with Crippen LogP contribution in [0.4, 0.5) is 0 Å². The predicted molar refractivity (Wildman–Crippen MR) is 83.7 cm³/mol. The van der Waals surface area contributed by atoms with Gasteiger partial charge in [0.15, 0.2) is 0 Å². The molecule has 0 bridgehead atoms. The number of hydrogen-bond donors (Lipinski definition) is 1. The van der Waals surface area contributed by atoms with Gasteiger partial charge in [0.25, 0.3) is 0 Å². The highest BCUT2D eigenvalue weighted by Gasteiger charge is 2.45. The first-order valence-corrected chi connectivity index (χ1v) is 8.39. The summed E-state index contributed by atoms with van der Waals surface area (Å²) < 4.78 is 0. The number of piperazine rings is 1. The molecule has 0 unspecified atom stereocenters. The van der Waals surface area contributed by atoms with Crippen LogP contribution in [0.3, 0.4) is 0 Å². The minimum absolute atomic E-state index is 0.319. The molecule has 2 nitrogen and oxygen atoms in total. The van der Waals surface area contributed by atoms with E-state index in [0.29, 0.717) is 11.1 Å². The molecule has 2 aliphatic rings. The Morgan fingerprint density at radius 2 is 1.84 bits per heavy atom. The third-order valence-electron chi connectivity index (χ3n) is 5.50. The second-order valence-electron chi connectivity index (χ2n) is 6.37. The monoisotopic (exact) mass is 284 g/mol. The summed E-state index contributed by atoms with van der Waals surface area (Å²) in [6, 6.07) is 0. The molecule has 0 atom stereocenters. The predicted octanol–water partition coefficient (Wildman–Crippen LogP) is 3.91. The van der Waals surface area contributed by atoms with Crippen molar-refractivity contribution in [2.24, 2.45) is 0 Å². The summed E-state index contributed by atoms with van der Waals surface area (Å²) in [4.78, 5) is 2.69. The van der Waals surface area contributed by atoms with Crippen molar-refractivity contribution < 1.29 is 0 Å². The summed E-state index contributed by atoms with van der Waals surface area (Å²) in [5.41, 5.74) is 2.37. The Kier molecular flexibility index (Phi) is 5.33. The van der Waals surface area contributed by atoms with Gasteiger partial charge in [-0.25, -0.2) is 0 Å². The van der Waals surface area contributed by atoms with Crippen molar-refractivity contribution in [3.8, 4) is 0 Å². The second-order valence-corrected chi connectivity index (χ2v) is 6.62. The zero-order valence-corrected chi connectivity index (χ0v) is 13.3. The average molecular weight is 285 g/mol. The van der Waals surface area contributed by atoms with E-state index in [9.17, 15) is 0 Å². The summed E-state index contributed by atoms with van der Waals surface area (Å²) in [5, 5.41) is 3.93. The lowest BCUT2D eigenvalue weighted by Crippen LogP contribution is -2.70. The number of halogens is 1. The Hall–Kier alpha value is -0.0500. The van der Waals surface area contributed by atoms with Gasteiger partial charge in [0.05, 0.1) is 0 Å². The minimum Gasteiger partial charge on any atom is -0.308 e. The summed E-state index contributed by atoms with van der Waals surface area (Å²) in [7, 11) is 0. The molecule has 1 N–H and O–H groups in total. The van der Waals surface area contributed by atoms with Gasteiger partial charge in [0.1, 0.15) is 0 Å². The SMILES string of the molecule is CCC1(CC)CNC2(CCCCC2)CN1C/C=C/Cl. The Labute approximate surface area is 123 Å². The lowest BCUT2D eigenvalue weighted by molar-refractivity contribution is -0.00601. The standard InChI is InChI=1S/C16H29ClN2/c1-3-16(4-2)13-18-15(9-6-5-7-10-15)14-19(16)12-8-11-17/h8,11,18H,3-7,9-10,12-14H2,1-2H3/b11-8+. The molecule has 2 rings (SSSR count). The number of nitrogens with one attached hydrogen (secondary N) is 1. The first-order valence-electron chi connectivity index (χ1n) is 7.95. The largest absolute Gasteiger partial charge is 0.308 e. The smallest absolute Gasteiger partial charge is 0.0333 e. The van der Waals surface area contributed by atoms with Crippen molar-refractivity contribution in [3.05, 3.63) is 11.6 Å². The molecule has 1 aliphatic carbocycles. The molecule has 0 aromatic heterocycles. The van der Waals surface area contributed by atoms with Crippen molar-refractivity contribution in [1.29, 1.82) is 0 Å². The first-order chi connectivity index (χ1) is 9.20. The van der Waals surface area contributed by atoms with Gasteiger partial charge in [0.2, 0.25) is 0 Å². The summed E-state index contributed by atoms with van der Waals surface area (Å²) >= 11 is 5.75. The molecule has 1 saturated carbocycles. The van der Waals surface area contributed by atoms with Gasteiger partial charge >= 0.3 is 0 Å². The van der Waals surface area contributed by atoms with Crippen LogP contribution in [0.1, 0.15) is 58.8 Å². The summed E-state index contributed by atoms with van der Waals surface area (Å²) in [6.07, 6.45) is 11.4. The van der Waals surface area contributed by atoms with Crippen molar-refractivity contribution in [2.75, 3.05) is 19.6 Å². The Bertz CT molecular complexity index is 304. The Morgan fingerprint density at radius 3 is 2.42 bits per heavy atom. The van der Waals surface area contributed by atoms with Crippen LogP contribution in [0.2, 0.25) is 0 Å². The van der Waals surface area contributed by atoms with Crippen molar-refractivity contribution in [1.82, 2.24) is 10.2 Å². The number of nitrogens with zero attached hydrogens (tertiary/aromatic N) is 1. The fraction of sp³-hybridized carbons (Fsp3) is 0.875. The molecule has 0 radical (unpaired) electrons. The van der Waals surface area contributed by atoms with Gasteiger partial charge in [-0.3, -0.25) is 4.90 Å². The quantitative estimate of drug-likeness (QED) is 0.842. The third-order valence-corrected chi connectivity index (χ3v) is 5.68. The van der Waals surface area contributed by atoms with Crippen LogP contribution in [0.25, 0.3) is 0 Å². The number of hydrogen-bond acceptors (Lipinski definition) is 2. The molecule has 19 heavy (non-hydrogen) atoms. The molecular formula is C16H29ClN2. The Morgan fingerprint density at radius 1 is 1.16 bits per heavy atom. The maximum absolute atomic E-state index is 5.75. The maximum Gasteiger partial charge on any atom is 0.0333 e. The lowest BCUT2D eigenvalue weighted by Gasteiger charge is -2.55. The minimum atomic E-state index is 0.319. The zero-order valence-electron chi connectivity index (χ0n) is 12.6. The first kappa shape index (κ1) is 15.3. The molecule has 3 heteroatoms. The fourth-order valence-corrected chi connectivity index (χ4v) is 4.07.